The minimum atomic E-state index is -0.930. The quantitative estimate of drug-likeness (QED) is 0.736. The van der Waals surface area contributed by atoms with Gasteiger partial charge in [0.1, 0.15) is 12.0 Å². The van der Waals surface area contributed by atoms with E-state index in [4.69, 9.17) is 14.9 Å². The Balaban J connectivity index is 2.82. The van der Waals surface area contributed by atoms with E-state index in [1.807, 2.05) is 0 Å². The highest BCUT2D eigenvalue weighted by Crippen LogP contribution is 2.24. The molecule has 0 radical (unpaired) electrons. The van der Waals surface area contributed by atoms with Crippen LogP contribution in [0, 0.1) is 5.92 Å². The van der Waals surface area contributed by atoms with Crippen LogP contribution in [0.5, 0.6) is 0 Å². The number of carbonyl (C=O) groups excluding carboxylic acids is 2. The Morgan fingerprint density at radius 3 is 2.86 bits per heavy atom. The number of primary amides is 1. The summed E-state index contributed by atoms with van der Waals surface area (Å²) in [5.74, 6) is -0.0861. The van der Waals surface area contributed by atoms with E-state index in [1.54, 1.807) is 19.1 Å². The van der Waals surface area contributed by atoms with Crippen molar-refractivity contribution in [1.82, 2.24) is 0 Å². The highest BCUT2D eigenvalue weighted by atomic mass is 16.6. The molecule has 76 valence electrons. The van der Waals surface area contributed by atoms with Crippen LogP contribution < -0.4 is 5.73 Å². The lowest BCUT2D eigenvalue weighted by atomic mass is 10.0. The van der Waals surface area contributed by atoms with E-state index in [1.165, 1.54) is 6.26 Å². The molecule has 5 nitrogen and oxygen atoms in total. The van der Waals surface area contributed by atoms with Crippen molar-refractivity contribution < 1.29 is 18.7 Å². The molecule has 5 heteroatoms. The van der Waals surface area contributed by atoms with Crippen LogP contribution in [0.15, 0.2) is 22.8 Å². The predicted octanol–water partition coefficient (Wildman–Crippen LogP) is 1.25. The van der Waals surface area contributed by atoms with Gasteiger partial charge in [-0.05, 0) is 12.1 Å². The number of hydrogen-bond acceptors (Lipinski definition) is 4. The maximum Gasteiger partial charge on any atom is 0.405 e. The van der Waals surface area contributed by atoms with E-state index < -0.39 is 18.1 Å². The van der Waals surface area contributed by atoms with E-state index in [-0.39, 0.29) is 0 Å². The third-order valence-electron chi connectivity index (χ3n) is 1.76. The van der Waals surface area contributed by atoms with Crippen molar-refractivity contribution in [3.05, 3.63) is 24.2 Å². The van der Waals surface area contributed by atoms with Gasteiger partial charge in [0.15, 0.2) is 6.10 Å². The molecule has 0 unspecified atom stereocenters. The minimum absolute atomic E-state index is 0.406. The van der Waals surface area contributed by atoms with Gasteiger partial charge in [0.2, 0.25) is 0 Å². The van der Waals surface area contributed by atoms with Crippen molar-refractivity contribution in [1.29, 1.82) is 0 Å². The summed E-state index contributed by atoms with van der Waals surface area (Å²) in [6.45, 7) is 1.61. The van der Waals surface area contributed by atoms with Gasteiger partial charge in [-0.3, -0.25) is 0 Å². The summed E-state index contributed by atoms with van der Waals surface area (Å²) >= 11 is 0. The molecule has 0 aliphatic heterocycles. The lowest BCUT2D eigenvalue weighted by molar-refractivity contribution is -0.114. The number of furan rings is 1. The van der Waals surface area contributed by atoms with Crippen molar-refractivity contribution in [2.24, 2.45) is 11.7 Å². The van der Waals surface area contributed by atoms with Crippen molar-refractivity contribution in [2.75, 3.05) is 0 Å². The summed E-state index contributed by atoms with van der Waals surface area (Å²) in [6, 6.07) is 3.26. The van der Waals surface area contributed by atoms with Crippen LogP contribution in [0.3, 0.4) is 0 Å². The standard InChI is InChI=1S/C9H11NO4/c1-6(5-11)8(14-9(10)12)7-3-2-4-13-7/h2-6,8H,1H3,(H2,10,12)/t6-,8+/m1/s1. The number of rotatable bonds is 4. The highest BCUT2D eigenvalue weighted by molar-refractivity contribution is 5.65. The van der Waals surface area contributed by atoms with Gasteiger partial charge in [-0.1, -0.05) is 6.92 Å². The van der Waals surface area contributed by atoms with Gasteiger partial charge >= 0.3 is 6.09 Å². The van der Waals surface area contributed by atoms with Crippen molar-refractivity contribution in [3.63, 3.8) is 0 Å². The predicted molar refractivity (Wildman–Crippen MR) is 47.3 cm³/mol. The summed E-state index contributed by atoms with van der Waals surface area (Å²) in [7, 11) is 0. The fourth-order valence-corrected chi connectivity index (χ4v) is 1.07. The Bertz CT molecular complexity index is 307. The zero-order valence-electron chi connectivity index (χ0n) is 7.67. The third-order valence-corrected chi connectivity index (χ3v) is 1.76. The Morgan fingerprint density at radius 2 is 2.43 bits per heavy atom. The highest BCUT2D eigenvalue weighted by Gasteiger charge is 2.24. The number of aldehydes is 1. The number of ether oxygens (including phenoxy) is 1. The Morgan fingerprint density at radius 1 is 1.71 bits per heavy atom. The normalized spacial score (nSPS) is 14.4. The molecule has 2 N–H and O–H groups in total. The Hall–Kier alpha value is -1.78. The molecule has 0 bridgehead atoms. The molecule has 0 spiro atoms. The average molecular weight is 197 g/mol. The molecule has 0 aliphatic carbocycles. The van der Waals surface area contributed by atoms with Crippen LogP contribution in [0.25, 0.3) is 0 Å². The van der Waals surface area contributed by atoms with Gasteiger partial charge in [0, 0.05) is 0 Å². The molecule has 0 aromatic carbocycles. The summed E-state index contributed by atoms with van der Waals surface area (Å²) in [5.41, 5.74) is 4.87. The van der Waals surface area contributed by atoms with Crippen LogP contribution in [0.1, 0.15) is 18.8 Å². The van der Waals surface area contributed by atoms with Gasteiger partial charge < -0.3 is 19.7 Å². The first kappa shape index (κ1) is 10.3. The van der Waals surface area contributed by atoms with Crippen molar-refractivity contribution in [3.8, 4) is 0 Å². The van der Waals surface area contributed by atoms with Gasteiger partial charge in [-0.25, -0.2) is 4.79 Å². The Labute approximate surface area is 80.8 Å². The van der Waals surface area contributed by atoms with E-state index in [2.05, 4.69) is 0 Å². The Kier molecular flexibility index (Phi) is 3.28. The first-order valence-corrected chi connectivity index (χ1v) is 4.10. The number of carbonyl (C=O) groups is 2. The smallest absolute Gasteiger partial charge is 0.405 e. The zero-order chi connectivity index (χ0) is 10.6. The first-order chi connectivity index (χ1) is 6.65. The first-order valence-electron chi connectivity index (χ1n) is 4.10. The molecule has 2 atom stereocenters. The molecule has 0 fully saturated rings. The van der Waals surface area contributed by atoms with Crippen LogP contribution in [0.4, 0.5) is 4.79 Å². The van der Waals surface area contributed by atoms with Gasteiger partial charge in [0.25, 0.3) is 0 Å². The second kappa shape index (κ2) is 4.45. The summed E-state index contributed by atoms with van der Waals surface area (Å²) in [6.07, 6.45) is 0.431. The fraction of sp³-hybridized carbons (Fsp3) is 0.333. The lowest BCUT2D eigenvalue weighted by Crippen LogP contribution is -2.22. The maximum absolute atomic E-state index is 10.6. The number of nitrogens with two attached hydrogens (primary N) is 1. The molecule has 0 aliphatic rings. The van der Waals surface area contributed by atoms with E-state index >= 15 is 0 Å². The van der Waals surface area contributed by atoms with Gasteiger partial charge in [-0.15, -0.1) is 0 Å². The monoisotopic (exact) mass is 197 g/mol. The number of amides is 1. The van der Waals surface area contributed by atoms with Gasteiger partial charge in [0.05, 0.1) is 12.2 Å². The van der Waals surface area contributed by atoms with Crippen LogP contribution >= 0.6 is 0 Å². The molecule has 0 saturated heterocycles. The molecule has 1 heterocycles. The fourth-order valence-electron chi connectivity index (χ4n) is 1.07. The minimum Gasteiger partial charge on any atom is -0.465 e. The van der Waals surface area contributed by atoms with Crippen molar-refractivity contribution >= 4 is 12.4 Å². The molecular weight excluding hydrogens is 186 g/mol. The zero-order valence-corrected chi connectivity index (χ0v) is 7.67. The molecule has 0 saturated carbocycles. The molecule has 1 aromatic rings. The molecule has 1 rings (SSSR count). The summed E-state index contributed by atoms with van der Waals surface area (Å²) < 4.78 is 9.79. The van der Waals surface area contributed by atoms with Crippen LogP contribution in [-0.2, 0) is 9.53 Å². The van der Waals surface area contributed by atoms with Crippen LogP contribution in [0.2, 0.25) is 0 Å². The largest absolute Gasteiger partial charge is 0.465 e. The SMILES string of the molecule is C[C@H](C=O)[C@H](OC(N)=O)c1ccco1. The third kappa shape index (κ3) is 2.35. The van der Waals surface area contributed by atoms with Crippen molar-refractivity contribution in [2.45, 2.75) is 13.0 Å². The second-order valence-corrected chi connectivity index (χ2v) is 2.87. The van der Waals surface area contributed by atoms with E-state index in [9.17, 15) is 9.59 Å². The molecule has 14 heavy (non-hydrogen) atoms. The summed E-state index contributed by atoms with van der Waals surface area (Å²) in [4.78, 5) is 21.1. The lowest BCUT2D eigenvalue weighted by Gasteiger charge is -2.16. The summed E-state index contributed by atoms with van der Waals surface area (Å²) in [5, 5.41) is 0. The van der Waals surface area contributed by atoms with Gasteiger partial charge in [-0.2, -0.15) is 0 Å². The molecule has 1 aromatic heterocycles. The van der Waals surface area contributed by atoms with Crippen LogP contribution in [-0.4, -0.2) is 12.4 Å². The van der Waals surface area contributed by atoms with E-state index in [0.717, 1.165) is 0 Å². The molecule has 1 amide bonds. The topological polar surface area (TPSA) is 82.5 Å². The average Bonchev–Trinajstić information content (AvgIpc) is 2.65. The molecular formula is C9H11NO4. The second-order valence-electron chi connectivity index (χ2n) is 2.87. The maximum atomic E-state index is 10.6. The number of hydrogen-bond donors (Lipinski definition) is 1. The van der Waals surface area contributed by atoms with E-state index in [0.29, 0.717) is 12.0 Å².